The molecule has 28 heavy (non-hydrogen) atoms. The van der Waals surface area contributed by atoms with Gasteiger partial charge < -0.3 is 9.84 Å². The van der Waals surface area contributed by atoms with E-state index in [1.165, 1.54) is 10.3 Å². The van der Waals surface area contributed by atoms with Crippen molar-refractivity contribution in [3.63, 3.8) is 0 Å². The lowest BCUT2D eigenvalue weighted by Gasteiger charge is -2.03. The second kappa shape index (κ2) is 8.29. The van der Waals surface area contributed by atoms with Gasteiger partial charge in [0, 0.05) is 5.56 Å². The van der Waals surface area contributed by atoms with Gasteiger partial charge in [0.05, 0.1) is 28.2 Å². The van der Waals surface area contributed by atoms with Crippen LogP contribution in [0.5, 0.6) is 5.75 Å². The summed E-state index contributed by atoms with van der Waals surface area (Å²) in [5.74, 6) is 0.698. The molecule has 1 N–H and O–H groups in total. The molecule has 1 heterocycles. The number of thiazole rings is 1. The largest absolute Gasteiger partial charge is 0.491 e. The predicted octanol–water partition coefficient (Wildman–Crippen LogP) is 6.06. The van der Waals surface area contributed by atoms with E-state index >= 15 is 0 Å². The molecular formula is C22H19N3O2S. The number of benzene rings is 3. The van der Waals surface area contributed by atoms with Gasteiger partial charge in [-0.15, -0.1) is 11.3 Å². The van der Waals surface area contributed by atoms with Crippen LogP contribution in [0.3, 0.4) is 0 Å². The summed E-state index contributed by atoms with van der Waals surface area (Å²) in [7, 11) is 0. The number of ether oxygens (including phenoxy) is 1. The van der Waals surface area contributed by atoms with Gasteiger partial charge in [0.2, 0.25) is 0 Å². The zero-order chi connectivity index (χ0) is 19.3. The molecular weight excluding hydrogens is 370 g/mol. The van der Waals surface area contributed by atoms with E-state index in [2.05, 4.69) is 35.4 Å². The molecule has 0 spiro atoms. The number of nitrogens with zero attached hydrogens (tertiary/aromatic N) is 3. The first-order chi connectivity index (χ1) is 13.7. The van der Waals surface area contributed by atoms with Crippen molar-refractivity contribution in [2.24, 2.45) is 10.2 Å². The highest BCUT2D eigenvalue weighted by Crippen LogP contribution is 2.32. The van der Waals surface area contributed by atoms with Crippen LogP contribution in [-0.2, 0) is 0 Å². The second-order valence-electron chi connectivity index (χ2n) is 6.30. The van der Waals surface area contributed by atoms with Gasteiger partial charge in [0.25, 0.3) is 0 Å². The van der Waals surface area contributed by atoms with Crippen LogP contribution in [-0.4, -0.2) is 23.3 Å². The van der Waals surface area contributed by atoms with E-state index in [4.69, 9.17) is 14.8 Å². The molecule has 0 amide bonds. The van der Waals surface area contributed by atoms with Gasteiger partial charge in [-0.25, -0.2) is 4.98 Å². The molecule has 0 saturated carbocycles. The lowest BCUT2D eigenvalue weighted by molar-refractivity contribution is 0.201. The molecule has 6 heteroatoms. The fourth-order valence-electron chi connectivity index (χ4n) is 2.71. The fraction of sp³-hybridized carbons (Fsp3) is 0.136. The van der Waals surface area contributed by atoms with Crippen molar-refractivity contribution < 1.29 is 9.84 Å². The zero-order valence-electron chi connectivity index (χ0n) is 15.4. The first-order valence-corrected chi connectivity index (χ1v) is 9.76. The normalized spacial score (nSPS) is 11.4. The molecule has 140 valence electrons. The molecule has 4 aromatic rings. The molecule has 0 atom stereocenters. The summed E-state index contributed by atoms with van der Waals surface area (Å²) in [4.78, 5) is 4.71. The van der Waals surface area contributed by atoms with Crippen LogP contribution in [0.2, 0.25) is 0 Å². The maximum Gasteiger partial charge on any atom is 0.124 e. The third-order valence-corrected chi connectivity index (χ3v) is 5.20. The Kier molecular flexibility index (Phi) is 5.41. The molecule has 0 aliphatic heterocycles. The first-order valence-electron chi connectivity index (χ1n) is 8.94. The van der Waals surface area contributed by atoms with Gasteiger partial charge in [-0.3, -0.25) is 0 Å². The third-order valence-electron chi connectivity index (χ3n) is 4.14. The van der Waals surface area contributed by atoms with E-state index in [-0.39, 0.29) is 13.2 Å². The summed E-state index contributed by atoms with van der Waals surface area (Å²) in [6.07, 6.45) is 0. The Bertz CT molecular complexity index is 1100. The van der Waals surface area contributed by atoms with Crippen molar-refractivity contribution in [1.82, 2.24) is 4.98 Å². The van der Waals surface area contributed by atoms with E-state index in [9.17, 15) is 0 Å². The SMILES string of the molecule is Cc1ccc2nc(-c3ccc(/N=N/c4ccc(OCCO)cc4)cc3)sc2c1. The quantitative estimate of drug-likeness (QED) is 0.408. The summed E-state index contributed by atoms with van der Waals surface area (Å²) in [5.41, 5.74) is 4.86. The number of aliphatic hydroxyl groups excluding tert-OH is 1. The third kappa shape index (κ3) is 4.24. The topological polar surface area (TPSA) is 67.1 Å². The average Bonchev–Trinajstić information content (AvgIpc) is 3.15. The van der Waals surface area contributed by atoms with Gasteiger partial charge in [-0.05, 0) is 73.2 Å². The van der Waals surface area contributed by atoms with Gasteiger partial charge in [0.15, 0.2) is 0 Å². The van der Waals surface area contributed by atoms with E-state index < -0.39 is 0 Å². The molecule has 3 aromatic carbocycles. The molecule has 0 aliphatic carbocycles. The predicted molar refractivity (Wildman–Crippen MR) is 113 cm³/mol. The Labute approximate surface area is 167 Å². The Hall–Kier alpha value is -3.09. The van der Waals surface area contributed by atoms with Crippen LogP contribution < -0.4 is 4.74 Å². The molecule has 0 fully saturated rings. The van der Waals surface area contributed by atoms with Crippen LogP contribution in [0.1, 0.15) is 5.56 Å². The summed E-state index contributed by atoms with van der Waals surface area (Å²) in [6, 6.07) is 21.5. The lowest BCUT2D eigenvalue weighted by atomic mass is 10.2. The van der Waals surface area contributed by atoms with E-state index in [1.807, 2.05) is 48.5 Å². The smallest absolute Gasteiger partial charge is 0.124 e. The molecule has 1 aromatic heterocycles. The summed E-state index contributed by atoms with van der Waals surface area (Å²) in [5, 5.41) is 18.3. The maximum atomic E-state index is 8.77. The summed E-state index contributed by atoms with van der Waals surface area (Å²) < 4.78 is 6.53. The molecule has 0 bridgehead atoms. The van der Waals surface area contributed by atoms with Gasteiger partial charge in [-0.1, -0.05) is 6.07 Å². The Morgan fingerprint density at radius 3 is 2.29 bits per heavy atom. The molecule has 0 radical (unpaired) electrons. The highest BCUT2D eigenvalue weighted by Gasteiger charge is 2.06. The first kappa shape index (κ1) is 18.3. The Balaban J connectivity index is 1.47. The molecule has 4 rings (SSSR count). The van der Waals surface area contributed by atoms with E-state index in [1.54, 1.807) is 11.3 Å². The number of azo groups is 1. The van der Waals surface area contributed by atoms with Crippen molar-refractivity contribution in [2.45, 2.75) is 6.92 Å². The molecule has 0 aliphatic rings. The minimum absolute atomic E-state index is 0.00584. The average molecular weight is 389 g/mol. The van der Waals surface area contributed by atoms with Crippen molar-refractivity contribution >= 4 is 32.9 Å². The standard InChI is InChI=1S/C22H19N3O2S/c1-15-2-11-20-21(14-15)28-22(23-20)16-3-5-17(6-4-16)24-25-18-7-9-19(10-8-18)27-13-12-26/h2-11,14,26H,12-13H2,1H3/b25-24+. The van der Waals surface area contributed by atoms with Crippen molar-refractivity contribution in [3.05, 3.63) is 72.3 Å². The van der Waals surface area contributed by atoms with Crippen LogP contribution in [0, 0.1) is 6.92 Å². The van der Waals surface area contributed by atoms with Crippen LogP contribution in [0.15, 0.2) is 77.0 Å². The van der Waals surface area contributed by atoms with Crippen molar-refractivity contribution in [2.75, 3.05) is 13.2 Å². The number of aromatic nitrogens is 1. The summed E-state index contributed by atoms with van der Waals surface area (Å²) in [6.45, 7) is 2.36. The number of hydrogen-bond acceptors (Lipinski definition) is 6. The van der Waals surface area contributed by atoms with Gasteiger partial charge in [-0.2, -0.15) is 10.2 Å². The minimum atomic E-state index is -0.00584. The second-order valence-corrected chi connectivity index (χ2v) is 7.33. The summed E-state index contributed by atoms with van der Waals surface area (Å²) >= 11 is 1.69. The number of hydrogen-bond donors (Lipinski definition) is 1. The Morgan fingerprint density at radius 2 is 1.61 bits per heavy atom. The monoisotopic (exact) mass is 389 g/mol. The van der Waals surface area contributed by atoms with Crippen molar-refractivity contribution in [1.29, 1.82) is 0 Å². The van der Waals surface area contributed by atoms with Gasteiger partial charge >= 0.3 is 0 Å². The number of aliphatic hydroxyl groups is 1. The molecule has 0 unspecified atom stereocenters. The highest BCUT2D eigenvalue weighted by molar-refractivity contribution is 7.21. The molecule has 0 saturated heterocycles. The highest BCUT2D eigenvalue weighted by atomic mass is 32.1. The van der Waals surface area contributed by atoms with Gasteiger partial charge in [0.1, 0.15) is 17.4 Å². The van der Waals surface area contributed by atoms with E-state index in [0.717, 1.165) is 27.5 Å². The fourth-order valence-corrected chi connectivity index (χ4v) is 3.78. The number of aryl methyl sites for hydroxylation is 1. The van der Waals surface area contributed by atoms with E-state index in [0.29, 0.717) is 5.75 Å². The number of rotatable bonds is 6. The zero-order valence-corrected chi connectivity index (χ0v) is 16.2. The van der Waals surface area contributed by atoms with Crippen LogP contribution in [0.25, 0.3) is 20.8 Å². The Morgan fingerprint density at radius 1 is 0.929 bits per heavy atom. The number of fused-ring (bicyclic) bond motifs is 1. The molecule has 5 nitrogen and oxygen atoms in total. The lowest BCUT2D eigenvalue weighted by Crippen LogP contribution is -2.00. The maximum absolute atomic E-state index is 8.77. The van der Waals surface area contributed by atoms with Crippen LogP contribution >= 0.6 is 11.3 Å². The minimum Gasteiger partial charge on any atom is -0.491 e. The van der Waals surface area contributed by atoms with Crippen molar-refractivity contribution in [3.8, 4) is 16.3 Å². The van der Waals surface area contributed by atoms with Crippen LogP contribution in [0.4, 0.5) is 11.4 Å².